The van der Waals surface area contributed by atoms with Gasteiger partial charge in [-0.3, -0.25) is 0 Å². The van der Waals surface area contributed by atoms with Gasteiger partial charge >= 0.3 is 6.18 Å². The third-order valence-corrected chi connectivity index (χ3v) is 3.81. The van der Waals surface area contributed by atoms with Crippen molar-refractivity contribution in [2.75, 3.05) is 23.8 Å². The average Bonchev–Trinajstić information content (AvgIpc) is 2.40. The lowest BCUT2D eigenvalue weighted by Crippen LogP contribution is -2.41. The SMILES string of the molecule is CNc1cc(C(F)(F)F)cc(N2CC(C)CCC2C)n1. The number of pyridine rings is 1. The number of hydrogen-bond acceptors (Lipinski definition) is 3. The summed E-state index contributed by atoms with van der Waals surface area (Å²) in [5.41, 5.74) is -0.655. The summed E-state index contributed by atoms with van der Waals surface area (Å²) in [5.74, 6) is 1.13. The van der Waals surface area contributed by atoms with E-state index in [1.54, 1.807) is 7.05 Å². The van der Waals surface area contributed by atoms with Crippen LogP contribution in [0.1, 0.15) is 32.3 Å². The summed E-state index contributed by atoms with van der Waals surface area (Å²) in [7, 11) is 1.58. The van der Waals surface area contributed by atoms with Gasteiger partial charge in [0.1, 0.15) is 11.6 Å². The van der Waals surface area contributed by atoms with Gasteiger partial charge in [0, 0.05) is 19.6 Å². The lowest BCUT2D eigenvalue weighted by atomic mass is 9.95. The van der Waals surface area contributed by atoms with Crippen molar-refractivity contribution in [3.63, 3.8) is 0 Å². The van der Waals surface area contributed by atoms with Crippen LogP contribution in [0.25, 0.3) is 0 Å². The van der Waals surface area contributed by atoms with E-state index in [0.717, 1.165) is 31.5 Å². The first-order valence-electron chi connectivity index (χ1n) is 6.85. The van der Waals surface area contributed by atoms with Crippen LogP contribution in [0.3, 0.4) is 0 Å². The minimum absolute atomic E-state index is 0.215. The summed E-state index contributed by atoms with van der Waals surface area (Å²) in [4.78, 5) is 6.27. The molecular weight excluding hydrogens is 267 g/mol. The van der Waals surface area contributed by atoms with Crippen LogP contribution >= 0.6 is 0 Å². The van der Waals surface area contributed by atoms with Crippen molar-refractivity contribution in [2.45, 2.75) is 38.9 Å². The van der Waals surface area contributed by atoms with Crippen LogP contribution in [-0.4, -0.2) is 24.6 Å². The second-order valence-corrected chi connectivity index (χ2v) is 5.53. The Bertz CT molecular complexity index is 473. The van der Waals surface area contributed by atoms with Gasteiger partial charge in [0.05, 0.1) is 5.56 Å². The van der Waals surface area contributed by atoms with Crippen molar-refractivity contribution < 1.29 is 13.2 Å². The molecule has 2 atom stereocenters. The molecular formula is C14H20F3N3. The van der Waals surface area contributed by atoms with Crippen molar-refractivity contribution >= 4 is 11.6 Å². The molecule has 1 fully saturated rings. The van der Waals surface area contributed by atoms with Crippen LogP contribution in [0, 0.1) is 5.92 Å². The van der Waals surface area contributed by atoms with Crippen molar-refractivity contribution in [2.24, 2.45) is 5.92 Å². The molecule has 2 unspecified atom stereocenters. The summed E-state index contributed by atoms with van der Waals surface area (Å²) in [6, 6.07) is 2.41. The zero-order valence-electron chi connectivity index (χ0n) is 12.0. The number of aromatic nitrogens is 1. The molecule has 1 aliphatic heterocycles. The van der Waals surface area contributed by atoms with Gasteiger partial charge in [-0.15, -0.1) is 0 Å². The maximum Gasteiger partial charge on any atom is 0.416 e. The Hall–Kier alpha value is -1.46. The zero-order chi connectivity index (χ0) is 14.9. The van der Waals surface area contributed by atoms with Gasteiger partial charge in [-0.05, 0) is 37.8 Å². The highest BCUT2D eigenvalue weighted by atomic mass is 19.4. The van der Waals surface area contributed by atoms with Gasteiger partial charge in [0.2, 0.25) is 0 Å². The van der Waals surface area contributed by atoms with Crippen molar-refractivity contribution in [3.05, 3.63) is 17.7 Å². The van der Waals surface area contributed by atoms with Crippen LogP contribution in [0.2, 0.25) is 0 Å². The largest absolute Gasteiger partial charge is 0.416 e. The summed E-state index contributed by atoms with van der Waals surface area (Å²) in [6.45, 7) is 4.90. The fourth-order valence-corrected chi connectivity index (χ4v) is 2.56. The Morgan fingerprint density at radius 2 is 1.95 bits per heavy atom. The number of piperidine rings is 1. The quantitative estimate of drug-likeness (QED) is 0.897. The smallest absolute Gasteiger partial charge is 0.373 e. The molecule has 0 amide bonds. The van der Waals surface area contributed by atoms with Crippen molar-refractivity contribution in [3.8, 4) is 0 Å². The second-order valence-electron chi connectivity index (χ2n) is 5.53. The van der Waals surface area contributed by atoms with Gasteiger partial charge in [-0.2, -0.15) is 13.2 Å². The Kier molecular flexibility index (Phi) is 4.11. The Morgan fingerprint density at radius 1 is 1.25 bits per heavy atom. The van der Waals surface area contributed by atoms with E-state index < -0.39 is 11.7 Å². The number of anilines is 2. The monoisotopic (exact) mass is 287 g/mol. The second kappa shape index (κ2) is 5.50. The van der Waals surface area contributed by atoms with Crippen LogP contribution < -0.4 is 10.2 Å². The summed E-state index contributed by atoms with van der Waals surface area (Å²) in [6.07, 6.45) is -2.27. The topological polar surface area (TPSA) is 28.2 Å². The number of hydrogen-bond donors (Lipinski definition) is 1. The fraction of sp³-hybridized carbons (Fsp3) is 0.643. The number of alkyl halides is 3. The van der Waals surface area contributed by atoms with Crippen molar-refractivity contribution in [1.82, 2.24) is 4.98 Å². The van der Waals surface area contributed by atoms with E-state index in [4.69, 9.17) is 0 Å². The Balaban J connectivity index is 2.39. The van der Waals surface area contributed by atoms with E-state index in [9.17, 15) is 13.2 Å². The van der Waals surface area contributed by atoms with E-state index in [-0.39, 0.29) is 11.9 Å². The number of nitrogens with zero attached hydrogens (tertiary/aromatic N) is 2. The first-order chi connectivity index (χ1) is 9.31. The molecule has 0 saturated carbocycles. The molecule has 1 N–H and O–H groups in total. The highest BCUT2D eigenvalue weighted by molar-refractivity contribution is 5.52. The van der Waals surface area contributed by atoms with Crippen LogP contribution in [0.15, 0.2) is 12.1 Å². The maximum absolute atomic E-state index is 13.0. The Labute approximate surface area is 117 Å². The first kappa shape index (κ1) is 14.9. The molecule has 20 heavy (non-hydrogen) atoms. The molecule has 0 aromatic carbocycles. The van der Waals surface area contributed by atoms with Gasteiger partial charge in [-0.1, -0.05) is 6.92 Å². The predicted octanol–water partition coefficient (Wildman–Crippen LogP) is 3.77. The van der Waals surface area contributed by atoms with Gasteiger partial charge in [0.15, 0.2) is 0 Å². The van der Waals surface area contributed by atoms with Gasteiger partial charge < -0.3 is 10.2 Å². The zero-order valence-corrected chi connectivity index (χ0v) is 12.0. The van der Waals surface area contributed by atoms with E-state index >= 15 is 0 Å². The number of nitrogens with one attached hydrogen (secondary N) is 1. The Morgan fingerprint density at radius 3 is 2.55 bits per heavy atom. The molecule has 1 saturated heterocycles. The molecule has 6 heteroatoms. The highest BCUT2D eigenvalue weighted by Gasteiger charge is 2.33. The average molecular weight is 287 g/mol. The third kappa shape index (κ3) is 3.16. The normalized spacial score (nSPS) is 23.8. The third-order valence-electron chi connectivity index (χ3n) is 3.81. The van der Waals surface area contributed by atoms with E-state index in [0.29, 0.717) is 11.7 Å². The minimum atomic E-state index is -4.35. The van der Waals surface area contributed by atoms with E-state index in [2.05, 4.69) is 17.2 Å². The van der Waals surface area contributed by atoms with Crippen LogP contribution in [-0.2, 0) is 6.18 Å². The fourth-order valence-electron chi connectivity index (χ4n) is 2.56. The van der Waals surface area contributed by atoms with Crippen LogP contribution in [0.5, 0.6) is 0 Å². The summed E-state index contributed by atoms with van der Waals surface area (Å²) < 4.78 is 38.9. The lowest BCUT2D eigenvalue weighted by molar-refractivity contribution is -0.137. The predicted molar refractivity (Wildman–Crippen MR) is 74.0 cm³/mol. The lowest BCUT2D eigenvalue weighted by Gasteiger charge is -2.38. The highest BCUT2D eigenvalue weighted by Crippen LogP contribution is 2.34. The molecule has 0 aliphatic carbocycles. The number of rotatable bonds is 2. The molecule has 1 aliphatic rings. The molecule has 1 aromatic heterocycles. The summed E-state index contributed by atoms with van der Waals surface area (Å²) >= 11 is 0. The molecule has 112 valence electrons. The molecule has 0 spiro atoms. The summed E-state index contributed by atoms with van der Waals surface area (Å²) in [5, 5.41) is 2.71. The molecule has 2 rings (SSSR count). The van der Waals surface area contributed by atoms with Crippen molar-refractivity contribution in [1.29, 1.82) is 0 Å². The molecule has 0 radical (unpaired) electrons. The number of halogens is 3. The van der Waals surface area contributed by atoms with Crippen LogP contribution in [0.4, 0.5) is 24.8 Å². The maximum atomic E-state index is 13.0. The van der Waals surface area contributed by atoms with E-state index in [1.165, 1.54) is 0 Å². The van der Waals surface area contributed by atoms with Gasteiger partial charge in [-0.25, -0.2) is 4.98 Å². The molecule has 2 heterocycles. The minimum Gasteiger partial charge on any atom is -0.373 e. The molecule has 1 aromatic rings. The van der Waals surface area contributed by atoms with E-state index in [1.807, 2.05) is 11.8 Å². The molecule has 3 nitrogen and oxygen atoms in total. The first-order valence-corrected chi connectivity index (χ1v) is 6.85. The van der Waals surface area contributed by atoms with Gasteiger partial charge in [0.25, 0.3) is 0 Å². The molecule has 0 bridgehead atoms. The standard InChI is InChI=1S/C14H20F3N3/c1-9-4-5-10(2)20(8-9)13-7-11(14(15,16)17)6-12(18-3)19-13/h6-7,9-10H,4-5,8H2,1-3H3,(H,18,19).